The molecule has 4 nitrogen and oxygen atoms in total. The molecule has 0 spiro atoms. The summed E-state index contributed by atoms with van der Waals surface area (Å²) < 4.78 is 13.2. The first-order valence-corrected chi connectivity index (χ1v) is 10.0. The van der Waals surface area contributed by atoms with Gasteiger partial charge in [-0.05, 0) is 66.2 Å². The van der Waals surface area contributed by atoms with Gasteiger partial charge in [-0.25, -0.2) is 4.39 Å². The Balaban J connectivity index is 1.71. The van der Waals surface area contributed by atoms with E-state index >= 15 is 0 Å². The highest BCUT2D eigenvalue weighted by Gasteiger charge is 2.39. The number of hydrogen-bond acceptors (Lipinski definition) is 4. The Morgan fingerprint density at radius 2 is 1.66 bits per heavy atom. The lowest BCUT2D eigenvalue weighted by Gasteiger charge is -2.15. The predicted molar refractivity (Wildman–Crippen MR) is 113 cm³/mol. The van der Waals surface area contributed by atoms with E-state index < -0.39 is 0 Å². The van der Waals surface area contributed by atoms with E-state index in [1.807, 2.05) is 49.6 Å². The summed E-state index contributed by atoms with van der Waals surface area (Å²) in [5, 5.41) is 5.05. The molecule has 6 heteroatoms. The molecule has 146 valence electrons. The van der Waals surface area contributed by atoms with E-state index in [2.05, 4.69) is 5.32 Å². The van der Waals surface area contributed by atoms with E-state index in [0.717, 1.165) is 21.7 Å². The number of imide groups is 1. The van der Waals surface area contributed by atoms with Gasteiger partial charge in [0.05, 0.1) is 12.1 Å². The lowest BCUT2D eigenvalue weighted by Crippen LogP contribution is -2.31. The molecule has 0 saturated carbocycles. The van der Waals surface area contributed by atoms with Crippen molar-refractivity contribution < 1.29 is 14.0 Å². The predicted octanol–water partition coefficient (Wildman–Crippen LogP) is 4.90. The number of rotatable bonds is 5. The standard InChI is InChI=1S/C23H19FN2O2S/c1-14-10-15(2)12-18(11-14)25-21-20(19-4-3-9-29-19)22(27)26(23(21)28)13-16-5-7-17(24)8-6-16/h3-12,25H,13H2,1-2H3. The minimum Gasteiger partial charge on any atom is -0.350 e. The van der Waals surface area contributed by atoms with Gasteiger partial charge in [0.25, 0.3) is 11.8 Å². The van der Waals surface area contributed by atoms with Crippen molar-refractivity contribution in [1.82, 2.24) is 4.90 Å². The molecule has 0 fully saturated rings. The van der Waals surface area contributed by atoms with E-state index in [1.54, 1.807) is 12.1 Å². The van der Waals surface area contributed by atoms with Crippen LogP contribution in [0.2, 0.25) is 0 Å². The van der Waals surface area contributed by atoms with Gasteiger partial charge in [0.15, 0.2) is 0 Å². The summed E-state index contributed by atoms with van der Waals surface area (Å²) in [6.07, 6.45) is 0. The third-order valence-electron chi connectivity index (χ3n) is 4.68. The first-order chi connectivity index (χ1) is 13.9. The van der Waals surface area contributed by atoms with Crippen molar-refractivity contribution in [3.63, 3.8) is 0 Å². The van der Waals surface area contributed by atoms with Crippen LogP contribution in [0.1, 0.15) is 21.6 Å². The Morgan fingerprint density at radius 3 is 2.28 bits per heavy atom. The van der Waals surface area contributed by atoms with Crippen LogP contribution in [-0.4, -0.2) is 16.7 Å². The summed E-state index contributed by atoms with van der Waals surface area (Å²) in [5.74, 6) is -1.10. The Morgan fingerprint density at radius 1 is 0.966 bits per heavy atom. The van der Waals surface area contributed by atoms with E-state index in [4.69, 9.17) is 0 Å². The van der Waals surface area contributed by atoms with Gasteiger partial charge in [-0.3, -0.25) is 14.5 Å². The molecule has 3 aromatic rings. The largest absolute Gasteiger partial charge is 0.350 e. The molecular weight excluding hydrogens is 387 g/mol. The molecule has 2 amide bonds. The lowest BCUT2D eigenvalue weighted by atomic mass is 10.1. The van der Waals surface area contributed by atoms with Crippen molar-refractivity contribution >= 4 is 34.4 Å². The molecule has 2 aromatic carbocycles. The monoisotopic (exact) mass is 406 g/mol. The van der Waals surface area contributed by atoms with Crippen molar-refractivity contribution in [2.24, 2.45) is 0 Å². The van der Waals surface area contributed by atoms with Crippen LogP contribution in [0.3, 0.4) is 0 Å². The zero-order valence-corrected chi connectivity index (χ0v) is 16.8. The van der Waals surface area contributed by atoms with Gasteiger partial charge >= 0.3 is 0 Å². The summed E-state index contributed by atoms with van der Waals surface area (Å²) in [4.78, 5) is 28.3. The number of carbonyl (C=O) groups is 2. The molecule has 0 saturated heterocycles. The number of amides is 2. The number of benzene rings is 2. The second-order valence-electron chi connectivity index (χ2n) is 7.05. The second-order valence-corrected chi connectivity index (χ2v) is 8.00. The molecule has 1 N–H and O–H groups in total. The molecule has 1 aliphatic rings. The van der Waals surface area contributed by atoms with Gasteiger partial charge < -0.3 is 5.32 Å². The number of aryl methyl sites for hydroxylation is 2. The van der Waals surface area contributed by atoms with Crippen molar-refractivity contribution in [2.45, 2.75) is 20.4 Å². The number of nitrogens with one attached hydrogen (secondary N) is 1. The fourth-order valence-electron chi connectivity index (χ4n) is 3.45. The number of hydrogen-bond donors (Lipinski definition) is 1. The number of thiophene rings is 1. The van der Waals surface area contributed by atoms with Gasteiger partial charge in [-0.1, -0.05) is 24.3 Å². The van der Waals surface area contributed by atoms with Crippen LogP contribution in [0.5, 0.6) is 0 Å². The zero-order chi connectivity index (χ0) is 20.5. The molecule has 1 aliphatic heterocycles. The molecule has 4 rings (SSSR count). The number of carbonyl (C=O) groups excluding carboxylic acids is 2. The summed E-state index contributed by atoms with van der Waals surface area (Å²) in [6, 6.07) is 15.4. The van der Waals surface area contributed by atoms with Crippen LogP contribution >= 0.6 is 11.3 Å². The molecule has 0 aliphatic carbocycles. The maximum absolute atomic E-state index is 13.2. The molecule has 0 bridgehead atoms. The molecule has 2 heterocycles. The number of nitrogens with zero attached hydrogens (tertiary/aromatic N) is 1. The fourth-order valence-corrected chi connectivity index (χ4v) is 4.22. The van der Waals surface area contributed by atoms with Crippen molar-refractivity contribution in [3.8, 4) is 0 Å². The summed E-state index contributed by atoms with van der Waals surface area (Å²) in [5.41, 5.74) is 4.20. The Hall–Kier alpha value is -3.25. The number of anilines is 1. The third-order valence-corrected chi connectivity index (χ3v) is 5.57. The van der Waals surface area contributed by atoms with E-state index in [9.17, 15) is 14.0 Å². The van der Waals surface area contributed by atoms with Gasteiger partial charge in [-0.15, -0.1) is 11.3 Å². The van der Waals surface area contributed by atoms with Crippen molar-refractivity contribution in [1.29, 1.82) is 0 Å². The van der Waals surface area contributed by atoms with Crippen molar-refractivity contribution in [3.05, 3.63) is 93.1 Å². The average Bonchev–Trinajstić information content (AvgIpc) is 3.26. The van der Waals surface area contributed by atoms with Crippen LogP contribution in [0, 0.1) is 19.7 Å². The maximum atomic E-state index is 13.2. The van der Waals surface area contributed by atoms with Gasteiger partial charge in [0.1, 0.15) is 11.5 Å². The van der Waals surface area contributed by atoms with Crippen LogP contribution < -0.4 is 5.32 Å². The highest BCUT2D eigenvalue weighted by Crippen LogP contribution is 2.34. The molecule has 0 unspecified atom stereocenters. The van der Waals surface area contributed by atoms with E-state index in [-0.39, 0.29) is 29.9 Å². The molecule has 0 radical (unpaired) electrons. The van der Waals surface area contributed by atoms with Crippen LogP contribution in [0.25, 0.3) is 5.57 Å². The quantitative estimate of drug-likeness (QED) is 0.614. The average molecular weight is 406 g/mol. The SMILES string of the molecule is Cc1cc(C)cc(NC2=C(c3cccs3)C(=O)N(Cc3ccc(F)cc3)C2=O)c1. The molecule has 0 atom stereocenters. The number of halogens is 1. The van der Waals surface area contributed by atoms with Gasteiger partial charge in [0.2, 0.25) is 0 Å². The molecule has 29 heavy (non-hydrogen) atoms. The minimum absolute atomic E-state index is 0.0881. The van der Waals surface area contributed by atoms with Crippen LogP contribution in [0.15, 0.2) is 65.7 Å². The smallest absolute Gasteiger partial charge is 0.278 e. The van der Waals surface area contributed by atoms with Gasteiger partial charge in [0, 0.05) is 10.6 Å². The van der Waals surface area contributed by atoms with E-state index in [0.29, 0.717) is 11.1 Å². The Kier molecular flexibility index (Phi) is 5.03. The summed E-state index contributed by atoms with van der Waals surface area (Å²) >= 11 is 1.41. The first kappa shape index (κ1) is 19.1. The second kappa shape index (κ2) is 7.64. The van der Waals surface area contributed by atoms with Gasteiger partial charge in [-0.2, -0.15) is 0 Å². The highest BCUT2D eigenvalue weighted by atomic mass is 32.1. The lowest BCUT2D eigenvalue weighted by molar-refractivity contribution is -0.137. The molecule has 1 aromatic heterocycles. The normalized spacial score (nSPS) is 14.1. The molecular formula is C23H19FN2O2S. The topological polar surface area (TPSA) is 49.4 Å². The Labute approximate surface area is 172 Å². The fraction of sp³-hybridized carbons (Fsp3) is 0.130. The van der Waals surface area contributed by atoms with E-state index in [1.165, 1.54) is 28.4 Å². The highest BCUT2D eigenvalue weighted by molar-refractivity contribution is 7.11. The third kappa shape index (κ3) is 3.84. The summed E-state index contributed by atoms with van der Waals surface area (Å²) in [6.45, 7) is 4.05. The first-order valence-electron chi connectivity index (χ1n) is 9.16. The minimum atomic E-state index is -0.387. The summed E-state index contributed by atoms with van der Waals surface area (Å²) in [7, 11) is 0. The maximum Gasteiger partial charge on any atom is 0.278 e. The van der Waals surface area contributed by atoms with Crippen LogP contribution in [-0.2, 0) is 16.1 Å². The zero-order valence-electron chi connectivity index (χ0n) is 16.0. The Bertz CT molecular complexity index is 1100. The van der Waals surface area contributed by atoms with Crippen molar-refractivity contribution in [2.75, 3.05) is 5.32 Å². The van der Waals surface area contributed by atoms with Crippen LogP contribution in [0.4, 0.5) is 10.1 Å².